The van der Waals surface area contributed by atoms with Crippen LogP contribution < -0.4 is 4.98 Å². The van der Waals surface area contributed by atoms with Crippen molar-refractivity contribution in [2.75, 3.05) is 0 Å². The van der Waals surface area contributed by atoms with E-state index in [-0.39, 0.29) is 26.5 Å². The fourth-order valence-electron chi connectivity index (χ4n) is 8.59. The molecule has 0 unspecified atom stereocenters. The Balaban J connectivity index is 0.00000180. The molecule has 158 valence electrons. The monoisotopic (exact) mass is 584 g/mol. The Hall–Kier alpha value is -2.11. The van der Waals surface area contributed by atoms with Crippen molar-refractivity contribution in [3.8, 4) is 22.3 Å². The Kier molecular flexibility index (Phi) is 4.06. The topological polar surface area (TPSA) is 14.1 Å². The van der Waals surface area contributed by atoms with E-state index in [4.69, 9.17) is 0 Å². The van der Waals surface area contributed by atoms with E-state index < -0.39 is 0 Å². The van der Waals surface area contributed by atoms with E-state index in [1.165, 1.54) is 59.7 Å². The van der Waals surface area contributed by atoms with Crippen molar-refractivity contribution in [2.24, 2.45) is 23.7 Å². The van der Waals surface area contributed by atoms with Crippen LogP contribution in [0.2, 0.25) is 0 Å². The number of aromatic nitrogens is 1. The summed E-state index contributed by atoms with van der Waals surface area (Å²) in [5, 5.41) is 1.23. The summed E-state index contributed by atoms with van der Waals surface area (Å²) in [5.41, 5.74) is 10.2. The van der Waals surface area contributed by atoms with E-state index in [0.717, 1.165) is 29.2 Å². The predicted octanol–water partition coefficient (Wildman–Crippen LogP) is 7.18. The summed E-state index contributed by atoms with van der Waals surface area (Å²) in [6.45, 7) is 0. The van der Waals surface area contributed by atoms with E-state index in [0.29, 0.717) is 0 Å². The van der Waals surface area contributed by atoms with E-state index in [1.807, 2.05) is 6.20 Å². The average molecular weight is 584 g/mol. The van der Waals surface area contributed by atoms with Crippen LogP contribution in [0, 0.1) is 23.7 Å². The summed E-state index contributed by atoms with van der Waals surface area (Å²) in [4.78, 5) is 4.68. The number of benzene rings is 3. The summed E-state index contributed by atoms with van der Waals surface area (Å²) in [6.07, 6.45) is 9.21. The Morgan fingerprint density at radius 1 is 0.656 bits per heavy atom. The van der Waals surface area contributed by atoms with Crippen LogP contribution in [0.25, 0.3) is 33.2 Å². The molecule has 0 saturated heterocycles. The van der Waals surface area contributed by atoms with Gasteiger partial charge >= 0.3 is 0 Å². The van der Waals surface area contributed by atoms with Crippen molar-refractivity contribution in [1.29, 1.82) is 0 Å². The smallest absolute Gasteiger partial charge is 0.0271 e. The van der Waals surface area contributed by atoms with Gasteiger partial charge in [0, 0.05) is 26.5 Å². The molecular weight excluding hydrogens is 558 g/mol. The fraction of sp³-hybridized carbons (Fsp3) is 0.333. The van der Waals surface area contributed by atoms with Crippen molar-refractivity contribution >= 4 is 10.9 Å². The first-order valence-corrected chi connectivity index (χ1v) is 12.1. The molecule has 1 nitrogen and oxygen atoms in total. The van der Waals surface area contributed by atoms with Gasteiger partial charge in [0.15, 0.2) is 0 Å². The Morgan fingerprint density at radius 3 is 2.19 bits per heavy atom. The number of nitrogens with zero attached hydrogens (tertiary/aromatic N) is 1. The molecule has 1 heterocycles. The standard InChI is InChI=1S/C30H26N.W/c1-2-7-27-25(5-1)26-17-21(24-6-3-4-20-10-11-31-29(20)24)8-9-28(26)30(27)22-13-18-12-19(15-22)16-23(30)14-18;/h1-11,17-19,22-23H,12-16H2;/q-1;. The molecule has 0 N–H and O–H groups in total. The van der Waals surface area contributed by atoms with Crippen LogP contribution in [0.4, 0.5) is 0 Å². The number of fused-ring (bicyclic) bond motifs is 4. The van der Waals surface area contributed by atoms with Gasteiger partial charge in [0.25, 0.3) is 0 Å². The molecule has 0 amide bonds. The minimum atomic E-state index is 0. The number of hydrogen-bond acceptors (Lipinski definition) is 0. The van der Waals surface area contributed by atoms with E-state index in [1.54, 1.807) is 11.1 Å². The number of para-hydroxylation sites is 1. The van der Waals surface area contributed by atoms with Gasteiger partial charge in [0.2, 0.25) is 0 Å². The maximum absolute atomic E-state index is 4.68. The first kappa shape index (κ1) is 19.4. The normalized spacial score (nSPS) is 31.0. The SMILES string of the molecule is [W].c1ccc2c(c1)-c1cc(-c3cccc4cc[n-]c34)ccc1C21C2CC3CC(C2)CC1C3. The second kappa shape index (κ2) is 6.70. The molecule has 0 radical (unpaired) electrons. The second-order valence-electron chi connectivity index (χ2n) is 10.7. The largest absolute Gasteiger partial charge is 0.663 e. The molecule has 9 rings (SSSR count). The Morgan fingerprint density at radius 2 is 1.38 bits per heavy atom. The zero-order valence-electron chi connectivity index (χ0n) is 18.1. The zero-order chi connectivity index (χ0) is 20.2. The molecule has 5 aliphatic carbocycles. The number of rotatable bonds is 1. The van der Waals surface area contributed by atoms with Gasteiger partial charge in [-0.1, -0.05) is 60.7 Å². The van der Waals surface area contributed by atoms with Crippen molar-refractivity contribution in [3.63, 3.8) is 0 Å². The third-order valence-corrected chi connectivity index (χ3v) is 9.39. The van der Waals surface area contributed by atoms with Gasteiger partial charge in [-0.25, -0.2) is 0 Å². The van der Waals surface area contributed by atoms with Gasteiger partial charge < -0.3 is 4.98 Å². The molecule has 4 bridgehead atoms. The van der Waals surface area contributed by atoms with Crippen LogP contribution in [0.1, 0.15) is 43.2 Å². The molecule has 3 aromatic carbocycles. The molecule has 5 aliphatic rings. The average Bonchev–Trinajstić information content (AvgIpc) is 3.38. The molecule has 0 atom stereocenters. The molecule has 0 aliphatic heterocycles. The van der Waals surface area contributed by atoms with Gasteiger partial charge in [-0.3, -0.25) is 0 Å². The zero-order valence-corrected chi connectivity index (χ0v) is 21.1. The fourth-order valence-corrected chi connectivity index (χ4v) is 8.59. The minimum Gasteiger partial charge on any atom is -0.663 e. The third kappa shape index (κ3) is 2.29. The molecular formula is C30H26NW-. The van der Waals surface area contributed by atoms with Gasteiger partial charge in [-0.15, -0.1) is 5.52 Å². The van der Waals surface area contributed by atoms with Crippen LogP contribution in [-0.4, -0.2) is 0 Å². The summed E-state index contributed by atoms with van der Waals surface area (Å²) in [7, 11) is 0. The van der Waals surface area contributed by atoms with Gasteiger partial charge in [0.1, 0.15) is 0 Å². The van der Waals surface area contributed by atoms with Crippen molar-refractivity contribution in [2.45, 2.75) is 37.5 Å². The maximum atomic E-state index is 4.68. The van der Waals surface area contributed by atoms with Crippen LogP contribution in [0.5, 0.6) is 0 Å². The second-order valence-corrected chi connectivity index (χ2v) is 10.7. The van der Waals surface area contributed by atoms with Crippen molar-refractivity contribution < 1.29 is 21.1 Å². The number of hydrogen-bond donors (Lipinski definition) is 0. The molecule has 4 saturated carbocycles. The maximum Gasteiger partial charge on any atom is 0.0271 e. The van der Waals surface area contributed by atoms with E-state index in [2.05, 4.69) is 71.7 Å². The summed E-state index contributed by atoms with van der Waals surface area (Å²) in [5.74, 6) is 3.64. The Bertz CT molecular complexity index is 1330. The van der Waals surface area contributed by atoms with Crippen LogP contribution in [0.3, 0.4) is 0 Å². The van der Waals surface area contributed by atoms with Crippen LogP contribution >= 0.6 is 0 Å². The molecule has 1 aromatic heterocycles. The molecule has 1 spiro atoms. The summed E-state index contributed by atoms with van der Waals surface area (Å²) in [6, 6.07) is 25.4. The molecule has 4 aromatic rings. The quantitative estimate of drug-likeness (QED) is 0.231. The third-order valence-electron chi connectivity index (χ3n) is 9.39. The van der Waals surface area contributed by atoms with Crippen LogP contribution in [0.15, 0.2) is 72.9 Å². The molecule has 4 fully saturated rings. The predicted molar refractivity (Wildman–Crippen MR) is 126 cm³/mol. The van der Waals surface area contributed by atoms with Gasteiger partial charge in [0.05, 0.1) is 0 Å². The van der Waals surface area contributed by atoms with Gasteiger partial charge in [-0.05, 0) is 101 Å². The van der Waals surface area contributed by atoms with E-state index >= 15 is 0 Å². The first-order chi connectivity index (χ1) is 15.3. The molecule has 2 heteroatoms. The minimum absolute atomic E-state index is 0. The molecule has 32 heavy (non-hydrogen) atoms. The van der Waals surface area contributed by atoms with E-state index in [9.17, 15) is 0 Å². The summed E-state index contributed by atoms with van der Waals surface area (Å²) >= 11 is 0. The van der Waals surface area contributed by atoms with Gasteiger partial charge in [-0.2, -0.15) is 6.20 Å². The Labute approximate surface area is 203 Å². The summed E-state index contributed by atoms with van der Waals surface area (Å²) < 4.78 is 0. The van der Waals surface area contributed by atoms with Crippen molar-refractivity contribution in [3.05, 3.63) is 84.1 Å². The first-order valence-electron chi connectivity index (χ1n) is 12.1. The van der Waals surface area contributed by atoms with Crippen molar-refractivity contribution in [1.82, 2.24) is 4.98 Å². The van der Waals surface area contributed by atoms with Crippen LogP contribution in [-0.2, 0) is 26.5 Å².